The number of rotatable bonds is 5. The summed E-state index contributed by atoms with van der Waals surface area (Å²) in [7, 11) is 0. The van der Waals surface area contributed by atoms with Gasteiger partial charge in [-0.1, -0.05) is 30.4 Å². The highest BCUT2D eigenvalue weighted by Crippen LogP contribution is 1.92. The van der Waals surface area contributed by atoms with E-state index >= 15 is 0 Å². The lowest BCUT2D eigenvalue weighted by atomic mass is 10.2. The van der Waals surface area contributed by atoms with Crippen LogP contribution in [0.15, 0.2) is 36.5 Å². The molecule has 0 saturated carbocycles. The van der Waals surface area contributed by atoms with Gasteiger partial charge in [0, 0.05) is 0 Å². The molecule has 0 saturated heterocycles. The fourth-order valence-electron chi connectivity index (χ4n) is 0.725. The zero-order valence-electron chi connectivity index (χ0n) is 7.79. The maximum absolute atomic E-state index is 10.4. The molecule has 0 aromatic carbocycles. The minimum Gasteiger partial charge on any atom is -0.295 e. The van der Waals surface area contributed by atoms with Gasteiger partial charge in [-0.2, -0.15) is 0 Å². The smallest absolute Gasteiger partial charge is 0.152 e. The lowest BCUT2D eigenvalue weighted by Crippen LogP contribution is -1.77. The van der Waals surface area contributed by atoms with E-state index in [-0.39, 0.29) is 5.78 Å². The van der Waals surface area contributed by atoms with Gasteiger partial charge in [-0.3, -0.25) is 4.79 Å². The fourth-order valence-corrected chi connectivity index (χ4v) is 0.725. The second-order valence-electron chi connectivity index (χ2n) is 2.54. The van der Waals surface area contributed by atoms with Crippen LogP contribution in [0.1, 0.15) is 26.7 Å². The minimum atomic E-state index is 0.0908. The third-order valence-corrected chi connectivity index (χ3v) is 1.31. The summed E-state index contributed by atoms with van der Waals surface area (Å²) in [5.74, 6) is 0.0908. The van der Waals surface area contributed by atoms with E-state index in [9.17, 15) is 4.79 Å². The van der Waals surface area contributed by atoms with Gasteiger partial charge in [0.05, 0.1) is 0 Å². The highest BCUT2D eigenvalue weighted by atomic mass is 16.1. The van der Waals surface area contributed by atoms with E-state index in [0.29, 0.717) is 0 Å². The van der Waals surface area contributed by atoms with Gasteiger partial charge in [0.1, 0.15) is 0 Å². The van der Waals surface area contributed by atoms with E-state index in [1.54, 1.807) is 19.1 Å². The first-order valence-corrected chi connectivity index (χ1v) is 4.22. The average Bonchev–Trinajstić information content (AvgIpc) is 2.02. The van der Waals surface area contributed by atoms with Crippen molar-refractivity contribution in [2.45, 2.75) is 26.7 Å². The van der Waals surface area contributed by atoms with Crippen molar-refractivity contribution in [2.75, 3.05) is 0 Å². The second-order valence-corrected chi connectivity index (χ2v) is 2.54. The predicted octanol–water partition coefficient (Wildman–Crippen LogP) is 3.04. The van der Waals surface area contributed by atoms with Crippen molar-refractivity contribution in [1.29, 1.82) is 0 Å². The Morgan fingerprint density at radius 1 is 1.17 bits per heavy atom. The Morgan fingerprint density at radius 2 is 1.83 bits per heavy atom. The van der Waals surface area contributed by atoms with Crippen molar-refractivity contribution in [1.82, 2.24) is 0 Å². The van der Waals surface area contributed by atoms with Gasteiger partial charge < -0.3 is 0 Å². The summed E-state index contributed by atoms with van der Waals surface area (Å²) in [6.45, 7) is 3.56. The van der Waals surface area contributed by atoms with E-state index in [2.05, 4.69) is 12.2 Å². The summed E-state index contributed by atoms with van der Waals surface area (Å²) < 4.78 is 0. The monoisotopic (exact) mass is 164 g/mol. The molecular weight excluding hydrogens is 148 g/mol. The van der Waals surface area contributed by atoms with Gasteiger partial charge in [0.25, 0.3) is 0 Å². The van der Waals surface area contributed by atoms with E-state index in [1.165, 1.54) is 0 Å². The maximum atomic E-state index is 10.4. The summed E-state index contributed by atoms with van der Waals surface area (Å²) in [6, 6.07) is 0. The first kappa shape index (κ1) is 10.9. The summed E-state index contributed by atoms with van der Waals surface area (Å²) in [5.41, 5.74) is 0. The summed E-state index contributed by atoms with van der Waals surface area (Å²) in [5, 5.41) is 0. The quantitative estimate of drug-likeness (QED) is 0.264. The largest absolute Gasteiger partial charge is 0.295 e. The molecule has 66 valence electrons. The number of hydrogen-bond acceptors (Lipinski definition) is 1. The summed E-state index contributed by atoms with van der Waals surface area (Å²) >= 11 is 0. The van der Waals surface area contributed by atoms with Crippen LogP contribution >= 0.6 is 0 Å². The molecule has 0 spiro atoms. The van der Waals surface area contributed by atoms with Crippen LogP contribution < -0.4 is 0 Å². The molecular formula is C11H16O. The number of ketones is 1. The standard InChI is InChI=1S/C11H16O/c1-3-4-5-6-7-8-9-10-11(2)12/h3-4,7-10H,5-6H2,1-2H3/b4-3+,8-7+,10-9+. The Morgan fingerprint density at radius 3 is 2.42 bits per heavy atom. The van der Waals surface area contributed by atoms with Gasteiger partial charge in [-0.05, 0) is 32.8 Å². The lowest BCUT2D eigenvalue weighted by Gasteiger charge is -1.83. The van der Waals surface area contributed by atoms with Crippen molar-refractivity contribution in [3.63, 3.8) is 0 Å². The van der Waals surface area contributed by atoms with E-state index in [4.69, 9.17) is 0 Å². The van der Waals surface area contributed by atoms with Gasteiger partial charge in [-0.25, -0.2) is 0 Å². The van der Waals surface area contributed by atoms with Crippen LogP contribution in [-0.2, 0) is 4.79 Å². The second kappa shape index (κ2) is 7.99. The van der Waals surface area contributed by atoms with Crippen molar-refractivity contribution >= 4 is 5.78 Å². The van der Waals surface area contributed by atoms with Crippen LogP contribution in [0, 0.1) is 0 Å². The molecule has 12 heavy (non-hydrogen) atoms. The third-order valence-electron chi connectivity index (χ3n) is 1.31. The van der Waals surface area contributed by atoms with Crippen LogP contribution in [0.25, 0.3) is 0 Å². The van der Waals surface area contributed by atoms with Crippen molar-refractivity contribution in [2.24, 2.45) is 0 Å². The molecule has 0 N–H and O–H groups in total. The van der Waals surface area contributed by atoms with E-state index in [0.717, 1.165) is 12.8 Å². The lowest BCUT2D eigenvalue weighted by molar-refractivity contribution is -0.112. The number of allylic oxidation sites excluding steroid dienone is 6. The van der Waals surface area contributed by atoms with Gasteiger partial charge >= 0.3 is 0 Å². The highest BCUT2D eigenvalue weighted by Gasteiger charge is 1.77. The minimum absolute atomic E-state index is 0.0908. The Kier molecular flexibility index (Phi) is 7.25. The Hall–Kier alpha value is -1.11. The van der Waals surface area contributed by atoms with Gasteiger partial charge in [0.15, 0.2) is 5.78 Å². The molecule has 0 bridgehead atoms. The van der Waals surface area contributed by atoms with Crippen LogP contribution in [0.2, 0.25) is 0 Å². The molecule has 0 aromatic heterocycles. The number of hydrogen-bond donors (Lipinski definition) is 0. The van der Waals surface area contributed by atoms with E-state index < -0.39 is 0 Å². The van der Waals surface area contributed by atoms with Crippen LogP contribution in [0.5, 0.6) is 0 Å². The Bertz CT molecular complexity index is 197. The van der Waals surface area contributed by atoms with Crippen molar-refractivity contribution in [3.05, 3.63) is 36.5 Å². The predicted molar refractivity (Wildman–Crippen MR) is 53.0 cm³/mol. The SMILES string of the molecule is C/C=C/CC/C=C/C=C/C(C)=O. The number of unbranched alkanes of at least 4 members (excludes halogenated alkanes) is 1. The zero-order chi connectivity index (χ0) is 9.23. The molecule has 1 heteroatoms. The molecule has 0 aliphatic rings. The third kappa shape index (κ3) is 8.89. The normalized spacial score (nSPS) is 12.2. The molecule has 0 rings (SSSR count). The molecule has 0 unspecified atom stereocenters. The molecule has 0 fully saturated rings. The topological polar surface area (TPSA) is 17.1 Å². The van der Waals surface area contributed by atoms with Crippen molar-refractivity contribution < 1.29 is 4.79 Å². The molecule has 0 amide bonds. The summed E-state index contributed by atoms with van der Waals surface area (Å²) in [4.78, 5) is 10.4. The molecule has 0 aromatic rings. The number of carbonyl (C=O) groups excluding carboxylic acids is 1. The first-order valence-electron chi connectivity index (χ1n) is 4.22. The first-order chi connectivity index (χ1) is 5.77. The maximum Gasteiger partial charge on any atom is 0.152 e. The Labute approximate surface area is 74.5 Å². The fraction of sp³-hybridized carbons (Fsp3) is 0.364. The average molecular weight is 164 g/mol. The summed E-state index contributed by atoms with van der Waals surface area (Å²) in [6.07, 6.45) is 13.6. The molecule has 1 nitrogen and oxygen atoms in total. The zero-order valence-corrected chi connectivity index (χ0v) is 7.79. The van der Waals surface area contributed by atoms with Crippen LogP contribution in [0.4, 0.5) is 0 Å². The van der Waals surface area contributed by atoms with Crippen molar-refractivity contribution in [3.8, 4) is 0 Å². The molecule has 0 heterocycles. The Balaban J connectivity index is 3.43. The van der Waals surface area contributed by atoms with E-state index in [1.807, 2.05) is 19.1 Å². The van der Waals surface area contributed by atoms with Crippen LogP contribution in [0.3, 0.4) is 0 Å². The molecule has 0 aliphatic carbocycles. The van der Waals surface area contributed by atoms with Gasteiger partial charge in [-0.15, -0.1) is 0 Å². The molecule has 0 atom stereocenters. The highest BCUT2D eigenvalue weighted by molar-refractivity contribution is 5.87. The molecule has 0 radical (unpaired) electrons. The molecule has 0 aliphatic heterocycles. The van der Waals surface area contributed by atoms with Crippen LogP contribution in [-0.4, -0.2) is 5.78 Å². The van der Waals surface area contributed by atoms with Gasteiger partial charge in [0.2, 0.25) is 0 Å². The number of carbonyl (C=O) groups is 1.